The summed E-state index contributed by atoms with van der Waals surface area (Å²) in [7, 11) is 0. The molecule has 156 valence electrons. The Bertz CT molecular complexity index is 849. The van der Waals surface area contributed by atoms with Gasteiger partial charge in [-0.3, -0.25) is 4.90 Å². The number of fused-ring (bicyclic) bond motifs is 1. The number of benzene rings is 1. The molecule has 0 saturated carbocycles. The van der Waals surface area contributed by atoms with E-state index in [-0.39, 0.29) is 5.82 Å². The van der Waals surface area contributed by atoms with Crippen LogP contribution in [-0.4, -0.2) is 41.0 Å². The summed E-state index contributed by atoms with van der Waals surface area (Å²) in [4.78, 5) is 14.4. The maximum absolute atomic E-state index is 13.7. The standard InChI is InChI=1S/C23H31FN4O/c1-16(2)14-27-10-9-21-20(15-27)22(29-19-6-4-5-18(24)13-19)26-23(25-21)28-11-7-17(3)8-12-28/h4-6,13,16-17H,7-12,14-15H2,1-3H3. The average molecular weight is 399 g/mol. The zero-order chi connectivity index (χ0) is 20.4. The van der Waals surface area contributed by atoms with Gasteiger partial charge in [0.15, 0.2) is 0 Å². The quantitative estimate of drug-likeness (QED) is 0.733. The minimum Gasteiger partial charge on any atom is -0.438 e. The second-order valence-electron chi connectivity index (χ2n) is 8.86. The lowest BCUT2D eigenvalue weighted by Crippen LogP contribution is -2.37. The lowest BCUT2D eigenvalue weighted by Gasteiger charge is -2.33. The third kappa shape index (κ3) is 4.86. The van der Waals surface area contributed by atoms with E-state index in [9.17, 15) is 4.39 Å². The first kappa shape index (κ1) is 20.1. The van der Waals surface area contributed by atoms with Gasteiger partial charge in [0, 0.05) is 45.2 Å². The zero-order valence-electron chi connectivity index (χ0n) is 17.7. The molecule has 0 N–H and O–H groups in total. The van der Waals surface area contributed by atoms with Crippen LogP contribution in [-0.2, 0) is 13.0 Å². The Hall–Kier alpha value is -2.21. The van der Waals surface area contributed by atoms with E-state index >= 15 is 0 Å². The number of hydrogen-bond donors (Lipinski definition) is 0. The van der Waals surface area contributed by atoms with E-state index in [1.165, 1.54) is 12.1 Å². The van der Waals surface area contributed by atoms with Crippen LogP contribution in [0.5, 0.6) is 11.6 Å². The van der Waals surface area contributed by atoms with Crippen molar-refractivity contribution in [1.29, 1.82) is 0 Å². The van der Waals surface area contributed by atoms with Gasteiger partial charge in [-0.25, -0.2) is 9.37 Å². The molecular weight excluding hydrogens is 367 g/mol. The number of aromatic nitrogens is 2. The number of halogens is 1. The van der Waals surface area contributed by atoms with Gasteiger partial charge in [0.05, 0.1) is 11.3 Å². The van der Waals surface area contributed by atoms with Crippen molar-refractivity contribution in [3.8, 4) is 11.6 Å². The van der Waals surface area contributed by atoms with Crippen LogP contribution in [0.2, 0.25) is 0 Å². The highest BCUT2D eigenvalue weighted by Gasteiger charge is 2.27. The van der Waals surface area contributed by atoms with Crippen LogP contribution in [0.15, 0.2) is 24.3 Å². The molecule has 2 aromatic rings. The van der Waals surface area contributed by atoms with Crippen molar-refractivity contribution in [3.63, 3.8) is 0 Å². The fourth-order valence-corrected chi connectivity index (χ4v) is 4.18. The van der Waals surface area contributed by atoms with Crippen LogP contribution >= 0.6 is 0 Å². The zero-order valence-corrected chi connectivity index (χ0v) is 17.7. The summed E-state index contributed by atoms with van der Waals surface area (Å²) in [5, 5.41) is 0. The molecule has 0 amide bonds. The summed E-state index contributed by atoms with van der Waals surface area (Å²) in [6.45, 7) is 11.5. The van der Waals surface area contributed by atoms with Gasteiger partial charge in [0.2, 0.25) is 11.8 Å². The fourth-order valence-electron chi connectivity index (χ4n) is 4.18. The van der Waals surface area contributed by atoms with Crippen LogP contribution < -0.4 is 9.64 Å². The first-order valence-corrected chi connectivity index (χ1v) is 10.8. The van der Waals surface area contributed by atoms with Gasteiger partial charge in [-0.1, -0.05) is 26.8 Å². The third-order valence-corrected chi connectivity index (χ3v) is 5.79. The predicted molar refractivity (Wildman–Crippen MR) is 113 cm³/mol. The Morgan fingerprint density at radius 3 is 2.69 bits per heavy atom. The maximum atomic E-state index is 13.7. The molecule has 0 unspecified atom stereocenters. The molecule has 0 aliphatic carbocycles. The smallest absolute Gasteiger partial charge is 0.228 e. The Labute approximate surface area is 172 Å². The largest absolute Gasteiger partial charge is 0.438 e. The normalized spacial score (nSPS) is 18.2. The maximum Gasteiger partial charge on any atom is 0.228 e. The summed E-state index contributed by atoms with van der Waals surface area (Å²) in [5.74, 6) is 2.83. The topological polar surface area (TPSA) is 41.5 Å². The number of rotatable bonds is 5. The van der Waals surface area contributed by atoms with Crippen molar-refractivity contribution in [2.75, 3.05) is 31.1 Å². The number of piperidine rings is 1. The van der Waals surface area contributed by atoms with Gasteiger partial charge < -0.3 is 9.64 Å². The molecule has 4 rings (SSSR count). The molecule has 3 heterocycles. The highest BCUT2D eigenvalue weighted by Crippen LogP contribution is 2.32. The Kier molecular flexibility index (Phi) is 5.99. The molecule has 0 radical (unpaired) electrons. The van der Waals surface area contributed by atoms with Gasteiger partial charge in [-0.2, -0.15) is 4.98 Å². The molecule has 1 aromatic carbocycles. The number of nitrogens with zero attached hydrogens (tertiary/aromatic N) is 4. The minimum absolute atomic E-state index is 0.308. The molecule has 2 aliphatic rings. The highest BCUT2D eigenvalue weighted by molar-refractivity contribution is 5.43. The van der Waals surface area contributed by atoms with E-state index in [2.05, 4.69) is 30.6 Å². The van der Waals surface area contributed by atoms with E-state index in [1.54, 1.807) is 12.1 Å². The average Bonchev–Trinajstić information content (AvgIpc) is 2.68. The molecule has 0 spiro atoms. The highest BCUT2D eigenvalue weighted by atomic mass is 19.1. The van der Waals surface area contributed by atoms with Crippen LogP contribution in [0.3, 0.4) is 0 Å². The summed E-state index contributed by atoms with van der Waals surface area (Å²) >= 11 is 0. The van der Waals surface area contributed by atoms with E-state index in [0.29, 0.717) is 17.5 Å². The number of ether oxygens (including phenoxy) is 1. The predicted octanol–water partition coefficient (Wildman–Crippen LogP) is 4.66. The van der Waals surface area contributed by atoms with Gasteiger partial charge in [-0.15, -0.1) is 0 Å². The van der Waals surface area contributed by atoms with Gasteiger partial charge >= 0.3 is 0 Å². The molecule has 6 heteroatoms. The van der Waals surface area contributed by atoms with E-state index in [1.807, 2.05) is 0 Å². The van der Waals surface area contributed by atoms with Crippen molar-refractivity contribution >= 4 is 5.95 Å². The Morgan fingerprint density at radius 2 is 1.97 bits per heavy atom. The van der Waals surface area contributed by atoms with Crippen molar-refractivity contribution in [2.45, 2.75) is 46.6 Å². The molecule has 2 aliphatic heterocycles. The Balaban J connectivity index is 1.66. The van der Waals surface area contributed by atoms with Gasteiger partial charge in [0.1, 0.15) is 11.6 Å². The molecule has 1 fully saturated rings. The van der Waals surface area contributed by atoms with Gasteiger partial charge in [-0.05, 0) is 36.8 Å². The molecule has 0 bridgehead atoms. The number of hydrogen-bond acceptors (Lipinski definition) is 5. The van der Waals surface area contributed by atoms with E-state index < -0.39 is 0 Å². The van der Waals surface area contributed by atoms with Crippen molar-refractivity contribution in [2.24, 2.45) is 11.8 Å². The van der Waals surface area contributed by atoms with Crippen molar-refractivity contribution in [1.82, 2.24) is 14.9 Å². The van der Waals surface area contributed by atoms with E-state index in [0.717, 1.165) is 75.1 Å². The second kappa shape index (κ2) is 8.66. The van der Waals surface area contributed by atoms with Crippen LogP contribution in [0.1, 0.15) is 44.9 Å². The SMILES string of the molecule is CC(C)CN1CCc2nc(N3CCC(C)CC3)nc(Oc3cccc(F)c3)c2C1. The summed E-state index contributed by atoms with van der Waals surface area (Å²) in [6.07, 6.45) is 3.20. The lowest BCUT2D eigenvalue weighted by atomic mass is 9.99. The third-order valence-electron chi connectivity index (χ3n) is 5.79. The second-order valence-corrected chi connectivity index (χ2v) is 8.86. The monoisotopic (exact) mass is 398 g/mol. The van der Waals surface area contributed by atoms with Gasteiger partial charge in [0.25, 0.3) is 0 Å². The molecular formula is C23H31FN4O. The van der Waals surface area contributed by atoms with E-state index in [4.69, 9.17) is 14.7 Å². The van der Waals surface area contributed by atoms with Crippen LogP contribution in [0.4, 0.5) is 10.3 Å². The fraction of sp³-hybridized carbons (Fsp3) is 0.565. The molecule has 1 saturated heterocycles. The van der Waals surface area contributed by atoms with Crippen molar-refractivity contribution < 1.29 is 9.13 Å². The van der Waals surface area contributed by atoms with Crippen LogP contribution in [0, 0.1) is 17.7 Å². The summed E-state index contributed by atoms with van der Waals surface area (Å²) < 4.78 is 19.8. The Morgan fingerprint density at radius 1 is 1.17 bits per heavy atom. The summed E-state index contributed by atoms with van der Waals surface area (Å²) in [6, 6.07) is 6.27. The molecule has 1 aromatic heterocycles. The lowest BCUT2D eigenvalue weighted by molar-refractivity contribution is 0.220. The first-order valence-electron chi connectivity index (χ1n) is 10.8. The molecule has 5 nitrogen and oxygen atoms in total. The molecule has 0 atom stereocenters. The minimum atomic E-state index is -0.308. The van der Waals surface area contributed by atoms with Crippen molar-refractivity contribution in [3.05, 3.63) is 41.3 Å². The summed E-state index contributed by atoms with van der Waals surface area (Å²) in [5.41, 5.74) is 2.11. The molecule has 29 heavy (non-hydrogen) atoms. The van der Waals surface area contributed by atoms with Crippen LogP contribution in [0.25, 0.3) is 0 Å². The number of anilines is 1. The first-order chi connectivity index (χ1) is 14.0.